The number of primary amides is 1. The van der Waals surface area contributed by atoms with Gasteiger partial charge in [0.2, 0.25) is 11.7 Å². The van der Waals surface area contributed by atoms with E-state index in [1.807, 2.05) is 43.3 Å². The first-order valence-corrected chi connectivity index (χ1v) is 8.37. The number of hydrogen-bond donors (Lipinski definition) is 1. The molecule has 0 saturated carbocycles. The summed E-state index contributed by atoms with van der Waals surface area (Å²) in [5, 5.41) is 5.17. The molecule has 1 aliphatic rings. The van der Waals surface area contributed by atoms with E-state index in [1.54, 1.807) is 4.90 Å². The minimum Gasteiger partial charge on any atom is -0.351 e. The zero-order valence-corrected chi connectivity index (χ0v) is 13.9. The van der Waals surface area contributed by atoms with Gasteiger partial charge in [0.25, 0.3) is 0 Å². The number of fused-ring (bicyclic) bond motifs is 1. The van der Waals surface area contributed by atoms with E-state index >= 15 is 0 Å². The topological polar surface area (TPSA) is 98.1 Å². The number of para-hydroxylation sites is 1. The first-order valence-electron chi connectivity index (χ1n) is 8.37. The number of amides is 2. The molecule has 128 valence electrons. The minimum atomic E-state index is -0.377. The van der Waals surface area contributed by atoms with Crippen molar-refractivity contribution in [3.05, 3.63) is 42.3 Å². The van der Waals surface area contributed by atoms with Crippen LogP contribution < -0.4 is 5.73 Å². The minimum absolute atomic E-state index is 0.0605. The fourth-order valence-corrected chi connectivity index (χ4v) is 3.42. The molecule has 25 heavy (non-hydrogen) atoms. The summed E-state index contributed by atoms with van der Waals surface area (Å²) < 4.78 is 5.48. The molecule has 0 radical (unpaired) electrons. The molecule has 2 atom stereocenters. The van der Waals surface area contributed by atoms with Gasteiger partial charge in [0.1, 0.15) is 5.69 Å². The van der Waals surface area contributed by atoms with Crippen molar-refractivity contribution in [1.29, 1.82) is 0 Å². The largest absolute Gasteiger partial charge is 0.351 e. The van der Waals surface area contributed by atoms with Crippen molar-refractivity contribution in [1.82, 2.24) is 20.0 Å². The highest BCUT2D eigenvalue weighted by atomic mass is 16.5. The van der Waals surface area contributed by atoms with Crippen LogP contribution in [0.25, 0.3) is 22.4 Å². The number of pyridine rings is 1. The van der Waals surface area contributed by atoms with Crippen LogP contribution in [0.1, 0.15) is 31.6 Å². The number of aromatic nitrogens is 3. The maximum atomic E-state index is 11.4. The molecule has 1 fully saturated rings. The highest BCUT2D eigenvalue weighted by molar-refractivity contribution is 5.80. The van der Waals surface area contributed by atoms with Crippen LogP contribution in [0.2, 0.25) is 0 Å². The number of piperidine rings is 1. The molecule has 7 nitrogen and oxygen atoms in total. The van der Waals surface area contributed by atoms with Crippen molar-refractivity contribution in [2.45, 2.75) is 31.7 Å². The van der Waals surface area contributed by atoms with E-state index < -0.39 is 0 Å². The summed E-state index contributed by atoms with van der Waals surface area (Å²) in [4.78, 5) is 22.2. The Morgan fingerprint density at radius 3 is 2.88 bits per heavy atom. The van der Waals surface area contributed by atoms with Gasteiger partial charge in [-0.25, -0.2) is 9.78 Å². The Morgan fingerprint density at radius 2 is 2.08 bits per heavy atom. The van der Waals surface area contributed by atoms with E-state index in [9.17, 15) is 4.79 Å². The van der Waals surface area contributed by atoms with Gasteiger partial charge < -0.3 is 15.2 Å². The number of carbonyl (C=O) groups is 1. The van der Waals surface area contributed by atoms with Crippen LogP contribution in [-0.4, -0.2) is 38.6 Å². The molecule has 2 unspecified atom stereocenters. The third-order valence-electron chi connectivity index (χ3n) is 4.78. The first-order chi connectivity index (χ1) is 12.1. The SMILES string of the molecule is CC1CC(c2nc(-c3ccc4ccccc4n3)no2)CCN1C(N)=O. The van der Waals surface area contributed by atoms with Crippen LogP contribution in [-0.2, 0) is 0 Å². The van der Waals surface area contributed by atoms with Crippen molar-refractivity contribution in [3.63, 3.8) is 0 Å². The Kier molecular flexibility index (Phi) is 3.83. The molecule has 0 spiro atoms. The molecule has 1 saturated heterocycles. The summed E-state index contributed by atoms with van der Waals surface area (Å²) in [5.74, 6) is 1.22. The van der Waals surface area contributed by atoms with E-state index in [2.05, 4.69) is 15.1 Å². The molecule has 7 heteroatoms. The fraction of sp³-hybridized carbons (Fsp3) is 0.333. The number of benzene rings is 1. The summed E-state index contributed by atoms with van der Waals surface area (Å²) in [5.41, 5.74) is 6.98. The Balaban J connectivity index is 1.56. The second-order valence-electron chi connectivity index (χ2n) is 6.45. The lowest BCUT2D eigenvalue weighted by atomic mass is 9.92. The van der Waals surface area contributed by atoms with Crippen LogP contribution in [0.4, 0.5) is 4.79 Å². The van der Waals surface area contributed by atoms with Crippen LogP contribution >= 0.6 is 0 Å². The maximum Gasteiger partial charge on any atom is 0.315 e. The van der Waals surface area contributed by atoms with Crippen molar-refractivity contribution in [2.24, 2.45) is 5.73 Å². The lowest BCUT2D eigenvalue weighted by Gasteiger charge is -2.35. The van der Waals surface area contributed by atoms with E-state index in [0.717, 1.165) is 23.7 Å². The number of rotatable bonds is 2. The molecular formula is C18H19N5O2. The molecule has 2 N–H and O–H groups in total. The van der Waals surface area contributed by atoms with E-state index in [-0.39, 0.29) is 18.0 Å². The molecule has 0 aliphatic carbocycles. The number of likely N-dealkylation sites (tertiary alicyclic amines) is 1. The molecule has 3 aromatic rings. The first kappa shape index (κ1) is 15.6. The molecule has 2 aromatic heterocycles. The Labute approximate surface area is 144 Å². The third kappa shape index (κ3) is 2.93. The van der Waals surface area contributed by atoms with Gasteiger partial charge in [-0.2, -0.15) is 4.98 Å². The summed E-state index contributed by atoms with van der Waals surface area (Å²) >= 11 is 0. The highest BCUT2D eigenvalue weighted by Crippen LogP contribution is 2.31. The van der Waals surface area contributed by atoms with Crippen molar-refractivity contribution < 1.29 is 9.32 Å². The van der Waals surface area contributed by atoms with Gasteiger partial charge in [-0.1, -0.05) is 29.4 Å². The zero-order valence-electron chi connectivity index (χ0n) is 13.9. The quantitative estimate of drug-likeness (QED) is 0.775. The standard InChI is InChI=1S/C18H19N5O2/c1-11-10-13(8-9-23(11)18(19)24)17-21-16(22-25-17)15-7-6-12-4-2-3-5-14(12)20-15/h2-7,11,13H,8-10H2,1H3,(H2,19,24). The number of nitrogens with zero attached hydrogens (tertiary/aromatic N) is 4. The number of hydrogen-bond acceptors (Lipinski definition) is 5. The average molecular weight is 337 g/mol. The Hall–Kier alpha value is -2.96. The van der Waals surface area contributed by atoms with Crippen LogP contribution in [0, 0.1) is 0 Å². The van der Waals surface area contributed by atoms with Crippen molar-refractivity contribution in [2.75, 3.05) is 6.54 Å². The van der Waals surface area contributed by atoms with E-state index in [4.69, 9.17) is 10.3 Å². The lowest BCUT2D eigenvalue weighted by Crippen LogP contribution is -2.46. The predicted molar refractivity (Wildman–Crippen MR) is 92.8 cm³/mol. The second-order valence-corrected chi connectivity index (χ2v) is 6.45. The molecule has 3 heterocycles. The number of carbonyl (C=O) groups excluding carboxylic acids is 1. The van der Waals surface area contributed by atoms with Gasteiger partial charge in [0.15, 0.2) is 0 Å². The summed E-state index contributed by atoms with van der Waals surface area (Å²) in [6.07, 6.45) is 1.52. The van der Waals surface area contributed by atoms with Gasteiger partial charge in [-0.3, -0.25) is 0 Å². The summed E-state index contributed by atoms with van der Waals surface area (Å²) in [7, 11) is 0. The molecule has 0 bridgehead atoms. The van der Waals surface area contributed by atoms with Gasteiger partial charge in [0.05, 0.1) is 5.52 Å². The molecule has 1 aromatic carbocycles. The molecule has 2 amide bonds. The zero-order chi connectivity index (χ0) is 17.4. The van der Waals surface area contributed by atoms with Gasteiger partial charge in [-0.15, -0.1) is 0 Å². The van der Waals surface area contributed by atoms with Crippen molar-refractivity contribution in [3.8, 4) is 11.5 Å². The smallest absolute Gasteiger partial charge is 0.315 e. The Morgan fingerprint density at radius 1 is 1.24 bits per heavy atom. The summed E-state index contributed by atoms with van der Waals surface area (Å²) in [6.45, 7) is 2.59. The maximum absolute atomic E-state index is 11.4. The van der Waals surface area contributed by atoms with E-state index in [0.29, 0.717) is 24.0 Å². The lowest BCUT2D eigenvalue weighted by molar-refractivity contribution is 0.150. The summed E-state index contributed by atoms with van der Waals surface area (Å²) in [6, 6.07) is 11.5. The monoisotopic (exact) mass is 337 g/mol. The Bertz CT molecular complexity index is 922. The third-order valence-corrected chi connectivity index (χ3v) is 4.78. The van der Waals surface area contributed by atoms with Crippen LogP contribution in [0.15, 0.2) is 40.9 Å². The highest BCUT2D eigenvalue weighted by Gasteiger charge is 2.31. The second kappa shape index (κ2) is 6.16. The van der Waals surface area contributed by atoms with Gasteiger partial charge in [0, 0.05) is 23.9 Å². The van der Waals surface area contributed by atoms with Gasteiger partial charge in [-0.05, 0) is 31.9 Å². The van der Waals surface area contributed by atoms with E-state index in [1.165, 1.54) is 0 Å². The van der Waals surface area contributed by atoms with Crippen LogP contribution in [0.5, 0.6) is 0 Å². The fourth-order valence-electron chi connectivity index (χ4n) is 3.42. The predicted octanol–water partition coefficient (Wildman–Crippen LogP) is 2.93. The van der Waals surface area contributed by atoms with Crippen LogP contribution in [0.3, 0.4) is 0 Å². The van der Waals surface area contributed by atoms with Gasteiger partial charge >= 0.3 is 6.03 Å². The molecular weight excluding hydrogens is 318 g/mol. The normalized spacial score (nSPS) is 20.8. The number of urea groups is 1. The molecule has 4 rings (SSSR count). The number of nitrogens with two attached hydrogens (primary N) is 1. The molecule has 1 aliphatic heterocycles. The van der Waals surface area contributed by atoms with Crippen molar-refractivity contribution >= 4 is 16.9 Å². The average Bonchev–Trinajstić information content (AvgIpc) is 3.11.